The maximum atomic E-state index is 11.2. The third kappa shape index (κ3) is 3.25. The van der Waals surface area contributed by atoms with Gasteiger partial charge in [-0.2, -0.15) is 0 Å². The Bertz CT molecular complexity index is 181. The molecule has 0 atom stereocenters. The first-order chi connectivity index (χ1) is 6.02. The van der Waals surface area contributed by atoms with Gasteiger partial charge >= 0.3 is 6.16 Å². The molecule has 0 heterocycles. The normalized spacial score (nSPS) is 20.3. The molecule has 0 aromatic rings. The van der Waals surface area contributed by atoms with Crippen molar-refractivity contribution in [1.29, 1.82) is 0 Å². The standard InChI is InChI=1S/C10H18O3/c1-8(2)12-9(11)13-10(3)6-4-5-7-10/h8H,4-7H2,1-3H3. The first-order valence-corrected chi connectivity index (χ1v) is 4.91. The van der Waals surface area contributed by atoms with Crippen LogP contribution >= 0.6 is 0 Å². The monoisotopic (exact) mass is 186 g/mol. The summed E-state index contributed by atoms with van der Waals surface area (Å²) in [6.45, 7) is 5.61. The molecule has 1 rings (SSSR count). The summed E-state index contributed by atoms with van der Waals surface area (Å²) in [5.41, 5.74) is -0.272. The number of rotatable bonds is 2. The fraction of sp³-hybridized carbons (Fsp3) is 0.900. The van der Waals surface area contributed by atoms with Gasteiger partial charge in [-0.3, -0.25) is 0 Å². The van der Waals surface area contributed by atoms with Crippen LogP contribution in [0.3, 0.4) is 0 Å². The van der Waals surface area contributed by atoms with Crippen molar-refractivity contribution < 1.29 is 14.3 Å². The van der Waals surface area contributed by atoms with Gasteiger partial charge in [-0.1, -0.05) is 0 Å². The fourth-order valence-electron chi connectivity index (χ4n) is 1.64. The zero-order valence-corrected chi connectivity index (χ0v) is 8.63. The molecule has 0 radical (unpaired) electrons. The van der Waals surface area contributed by atoms with Gasteiger partial charge in [0.25, 0.3) is 0 Å². The molecule has 1 aliphatic rings. The van der Waals surface area contributed by atoms with E-state index < -0.39 is 6.16 Å². The molecule has 1 saturated carbocycles. The number of ether oxygens (including phenoxy) is 2. The van der Waals surface area contributed by atoms with Crippen molar-refractivity contribution in [1.82, 2.24) is 0 Å². The molecule has 0 unspecified atom stereocenters. The van der Waals surface area contributed by atoms with Crippen LogP contribution in [-0.4, -0.2) is 17.9 Å². The lowest BCUT2D eigenvalue weighted by molar-refractivity contribution is -0.0333. The topological polar surface area (TPSA) is 35.5 Å². The molecular formula is C10H18O3. The summed E-state index contributed by atoms with van der Waals surface area (Å²) < 4.78 is 10.2. The van der Waals surface area contributed by atoms with Gasteiger partial charge in [0.05, 0.1) is 6.10 Å². The number of hydrogen-bond donors (Lipinski definition) is 0. The van der Waals surface area contributed by atoms with E-state index in [2.05, 4.69) is 0 Å². The molecule has 13 heavy (non-hydrogen) atoms. The van der Waals surface area contributed by atoms with Crippen LogP contribution in [0.2, 0.25) is 0 Å². The van der Waals surface area contributed by atoms with Gasteiger partial charge in [-0.05, 0) is 46.5 Å². The first kappa shape index (κ1) is 10.4. The predicted molar refractivity (Wildman–Crippen MR) is 49.6 cm³/mol. The molecule has 76 valence electrons. The third-order valence-corrected chi connectivity index (χ3v) is 2.32. The van der Waals surface area contributed by atoms with E-state index in [1.807, 2.05) is 20.8 Å². The van der Waals surface area contributed by atoms with Gasteiger partial charge < -0.3 is 9.47 Å². The van der Waals surface area contributed by atoms with Gasteiger partial charge in [0.2, 0.25) is 0 Å². The molecule has 0 aliphatic heterocycles. The van der Waals surface area contributed by atoms with E-state index in [9.17, 15) is 4.79 Å². The lowest BCUT2D eigenvalue weighted by atomic mass is 10.1. The largest absolute Gasteiger partial charge is 0.509 e. The summed E-state index contributed by atoms with van der Waals surface area (Å²) in [6, 6.07) is 0. The number of carbonyl (C=O) groups is 1. The van der Waals surface area contributed by atoms with Gasteiger partial charge in [0.1, 0.15) is 5.60 Å². The van der Waals surface area contributed by atoms with Crippen LogP contribution in [0, 0.1) is 0 Å². The maximum absolute atomic E-state index is 11.2. The minimum Gasteiger partial charge on any atom is -0.432 e. The van der Waals surface area contributed by atoms with E-state index in [-0.39, 0.29) is 11.7 Å². The molecule has 0 amide bonds. The van der Waals surface area contributed by atoms with Crippen molar-refractivity contribution in [2.24, 2.45) is 0 Å². The summed E-state index contributed by atoms with van der Waals surface area (Å²) in [5.74, 6) is 0. The van der Waals surface area contributed by atoms with E-state index in [1.54, 1.807) is 0 Å². The first-order valence-electron chi connectivity index (χ1n) is 4.91. The van der Waals surface area contributed by atoms with Crippen molar-refractivity contribution in [2.45, 2.75) is 58.2 Å². The highest BCUT2D eigenvalue weighted by molar-refractivity contribution is 5.60. The molecule has 0 spiro atoms. The van der Waals surface area contributed by atoms with E-state index in [0.717, 1.165) is 25.7 Å². The van der Waals surface area contributed by atoms with Crippen LogP contribution < -0.4 is 0 Å². The number of carbonyl (C=O) groups excluding carboxylic acids is 1. The van der Waals surface area contributed by atoms with Crippen molar-refractivity contribution in [3.63, 3.8) is 0 Å². The second kappa shape index (κ2) is 3.99. The van der Waals surface area contributed by atoms with E-state index >= 15 is 0 Å². The van der Waals surface area contributed by atoms with E-state index in [4.69, 9.17) is 9.47 Å². The van der Waals surface area contributed by atoms with Crippen molar-refractivity contribution in [2.75, 3.05) is 0 Å². The molecule has 0 aromatic heterocycles. The van der Waals surface area contributed by atoms with Crippen LogP contribution in [0.25, 0.3) is 0 Å². The summed E-state index contributed by atoms with van der Waals surface area (Å²) in [5, 5.41) is 0. The lowest BCUT2D eigenvalue weighted by Gasteiger charge is -2.23. The molecule has 1 fully saturated rings. The molecule has 3 heteroatoms. The maximum Gasteiger partial charge on any atom is 0.509 e. The zero-order valence-electron chi connectivity index (χ0n) is 8.63. The minimum atomic E-state index is -0.528. The van der Waals surface area contributed by atoms with Crippen LogP contribution in [0.15, 0.2) is 0 Å². The fourth-order valence-corrected chi connectivity index (χ4v) is 1.64. The smallest absolute Gasteiger partial charge is 0.432 e. The third-order valence-electron chi connectivity index (χ3n) is 2.32. The van der Waals surface area contributed by atoms with Crippen molar-refractivity contribution in [3.05, 3.63) is 0 Å². The quantitative estimate of drug-likeness (QED) is 0.622. The highest BCUT2D eigenvalue weighted by Crippen LogP contribution is 2.32. The lowest BCUT2D eigenvalue weighted by Crippen LogP contribution is -2.29. The number of hydrogen-bond acceptors (Lipinski definition) is 3. The summed E-state index contributed by atoms with van der Waals surface area (Å²) in [7, 11) is 0. The Balaban J connectivity index is 2.34. The molecule has 0 bridgehead atoms. The van der Waals surface area contributed by atoms with Gasteiger partial charge in [0, 0.05) is 0 Å². The van der Waals surface area contributed by atoms with E-state index in [0.29, 0.717) is 0 Å². The Morgan fingerprint density at radius 2 is 1.85 bits per heavy atom. The minimum absolute atomic E-state index is 0.0995. The zero-order chi connectivity index (χ0) is 9.90. The van der Waals surface area contributed by atoms with Gasteiger partial charge in [-0.15, -0.1) is 0 Å². The van der Waals surface area contributed by atoms with E-state index in [1.165, 1.54) is 0 Å². The molecule has 3 nitrogen and oxygen atoms in total. The molecule has 0 saturated heterocycles. The molecule has 0 N–H and O–H groups in total. The average Bonchev–Trinajstić information content (AvgIpc) is 2.33. The SMILES string of the molecule is CC(C)OC(=O)OC1(C)CCCC1. The summed E-state index contributed by atoms with van der Waals surface area (Å²) in [4.78, 5) is 11.2. The van der Waals surface area contributed by atoms with Crippen molar-refractivity contribution >= 4 is 6.16 Å². The molecule has 0 aromatic carbocycles. The second-order valence-electron chi connectivity index (χ2n) is 4.18. The van der Waals surface area contributed by atoms with Crippen LogP contribution in [0.1, 0.15) is 46.5 Å². The second-order valence-corrected chi connectivity index (χ2v) is 4.18. The summed E-state index contributed by atoms with van der Waals surface area (Å²) in [6.07, 6.45) is 3.58. The summed E-state index contributed by atoms with van der Waals surface area (Å²) >= 11 is 0. The highest BCUT2D eigenvalue weighted by Gasteiger charge is 2.33. The Labute approximate surface area is 79.4 Å². The Hall–Kier alpha value is -0.730. The van der Waals surface area contributed by atoms with Gasteiger partial charge in [-0.25, -0.2) is 4.79 Å². The predicted octanol–water partition coefficient (Wildman–Crippen LogP) is 2.88. The van der Waals surface area contributed by atoms with Crippen LogP contribution in [0.4, 0.5) is 4.79 Å². The Morgan fingerprint density at radius 1 is 1.31 bits per heavy atom. The van der Waals surface area contributed by atoms with Gasteiger partial charge in [0.15, 0.2) is 0 Å². The Morgan fingerprint density at radius 3 is 2.31 bits per heavy atom. The molecular weight excluding hydrogens is 168 g/mol. The van der Waals surface area contributed by atoms with Crippen LogP contribution in [0.5, 0.6) is 0 Å². The molecule has 1 aliphatic carbocycles. The average molecular weight is 186 g/mol. The van der Waals surface area contributed by atoms with Crippen LogP contribution in [-0.2, 0) is 9.47 Å². The van der Waals surface area contributed by atoms with Crippen molar-refractivity contribution in [3.8, 4) is 0 Å². The Kier molecular flexibility index (Phi) is 3.17. The highest BCUT2D eigenvalue weighted by atomic mass is 16.7.